The Hall–Kier alpha value is -3.42. The van der Waals surface area contributed by atoms with Gasteiger partial charge in [0.05, 0.1) is 17.9 Å². The highest BCUT2D eigenvalue weighted by atomic mass is 16.2. The number of anilines is 1. The fourth-order valence-corrected chi connectivity index (χ4v) is 4.91. The van der Waals surface area contributed by atoms with Crippen LogP contribution in [0.2, 0.25) is 0 Å². The number of nitrogens with zero attached hydrogens (tertiary/aromatic N) is 5. The number of aromatic nitrogens is 4. The van der Waals surface area contributed by atoms with E-state index in [1.807, 2.05) is 44.4 Å². The smallest absolute Gasteiger partial charge is 0.272 e. The Labute approximate surface area is 168 Å². The third kappa shape index (κ3) is 2.38. The molecule has 0 unspecified atom stereocenters. The highest BCUT2D eigenvalue weighted by Gasteiger charge is 2.59. The van der Waals surface area contributed by atoms with Crippen molar-refractivity contribution < 1.29 is 9.59 Å². The van der Waals surface area contributed by atoms with Crippen molar-refractivity contribution in [1.29, 1.82) is 0 Å². The van der Waals surface area contributed by atoms with E-state index in [0.29, 0.717) is 18.7 Å². The van der Waals surface area contributed by atoms with E-state index in [9.17, 15) is 9.59 Å². The van der Waals surface area contributed by atoms with Crippen molar-refractivity contribution in [1.82, 2.24) is 24.5 Å². The van der Waals surface area contributed by atoms with Crippen molar-refractivity contribution >= 4 is 17.5 Å². The summed E-state index contributed by atoms with van der Waals surface area (Å²) in [5.41, 5.74) is 3.08. The van der Waals surface area contributed by atoms with Crippen molar-refractivity contribution in [2.45, 2.75) is 24.8 Å². The molecule has 29 heavy (non-hydrogen) atoms. The fraction of sp³-hybridized carbons (Fsp3) is 0.333. The Morgan fingerprint density at radius 2 is 2.07 bits per heavy atom. The summed E-state index contributed by atoms with van der Waals surface area (Å²) in [6, 6.07) is 9.10. The van der Waals surface area contributed by atoms with E-state index in [0.717, 1.165) is 22.5 Å². The normalized spacial score (nSPS) is 22.9. The standard InChI is InChI=1S/C21H22N6O2/c1-13-10-17(26(3)24-13)19(28)27-9-8-21(18(27)14-11-22-25(2)12-14)15-6-4-5-7-16(15)23-20(21)29/h4-7,10-12,18H,8-9H2,1-3H3,(H,23,29)/t18-,21+/m0/s1. The van der Waals surface area contributed by atoms with Gasteiger partial charge in [0.15, 0.2) is 0 Å². The number of amides is 2. The van der Waals surface area contributed by atoms with Gasteiger partial charge in [0, 0.05) is 38.1 Å². The van der Waals surface area contributed by atoms with E-state index in [4.69, 9.17) is 0 Å². The van der Waals surface area contributed by atoms with Crippen LogP contribution in [0.5, 0.6) is 0 Å². The van der Waals surface area contributed by atoms with Crippen LogP contribution >= 0.6 is 0 Å². The highest BCUT2D eigenvalue weighted by molar-refractivity contribution is 6.08. The number of aryl methyl sites for hydroxylation is 3. The van der Waals surface area contributed by atoms with Gasteiger partial charge in [-0.2, -0.15) is 10.2 Å². The molecule has 0 bridgehead atoms. The molecule has 2 aliphatic heterocycles. The summed E-state index contributed by atoms with van der Waals surface area (Å²) in [6.45, 7) is 2.34. The van der Waals surface area contributed by atoms with Gasteiger partial charge < -0.3 is 10.2 Å². The number of hydrogen-bond acceptors (Lipinski definition) is 4. The molecule has 2 aliphatic rings. The zero-order valence-corrected chi connectivity index (χ0v) is 16.6. The molecule has 1 fully saturated rings. The molecule has 0 saturated carbocycles. The first-order valence-electron chi connectivity index (χ1n) is 9.63. The van der Waals surface area contributed by atoms with Gasteiger partial charge >= 0.3 is 0 Å². The van der Waals surface area contributed by atoms with Crippen LogP contribution in [0.25, 0.3) is 0 Å². The van der Waals surface area contributed by atoms with Crippen LogP contribution < -0.4 is 5.32 Å². The zero-order chi connectivity index (χ0) is 20.3. The average Bonchev–Trinajstić information content (AvgIpc) is 3.43. The van der Waals surface area contributed by atoms with Crippen molar-refractivity contribution in [3.05, 3.63) is 65.2 Å². The van der Waals surface area contributed by atoms with E-state index >= 15 is 0 Å². The lowest BCUT2D eigenvalue weighted by atomic mass is 9.73. The summed E-state index contributed by atoms with van der Waals surface area (Å²) in [6.07, 6.45) is 4.19. The lowest BCUT2D eigenvalue weighted by Gasteiger charge is -2.33. The molecule has 2 atom stereocenters. The van der Waals surface area contributed by atoms with Crippen LogP contribution in [0.4, 0.5) is 5.69 Å². The number of fused-ring (bicyclic) bond motifs is 2. The maximum atomic E-state index is 13.5. The van der Waals surface area contributed by atoms with Gasteiger partial charge in [-0.25, -0.2) is 0 Å². The number of rotatable bonds is 2. The Balaban J connectivity index is 1.67. The highest BCUT2D eigenvalue weighted by Crippen LogP contribution is 2.54. The summed E-state index contributed by atoms with van der Waals surface area (Å²) < 4.78 is 3.31. The Kier molecular flexibility index (Phi) is 3.68. The number of benzene rings is 1. The van der Waals surface area contributed by atoms with Crippen molar-refractivity contribution in [2.75, 3.05) is 11.9 Å². The number of carbonyl (C=O) groups excluding carboxylic acids is 2. The Morgan fingerprint density at radius 1 is 1.28 bits per heavy atom. The molecule has 0 aliphatic carbocycles. The second-order valence-electron chi connectivity index (χ2n) is 7.86. The molecule has 8 heteroatoms. The number of hydrogen-bond donors (Lipinski definition) is 1. The molecule has 148 valence electrons. The first-order chi connectivity index (χ1) is 13.9. The minimum atomic E-state index is -0.830. The van der Waals surface area contributed by atoms with Gasteiger partial charge in [0.2, 0.25) is 5.91 Å². The lowest BCUT2D eigenvalue weighted by Crippen LogP contribution is -2.42. The largest absolute Gasteiger partial charge is 0.329 e. The average molecular weight is 390 g/mol. The van der Waals surface area contributed by atoms with Gasteiger partial charge in [-0.3, -0.25) is 19.0 Å². The number of likely N-dealkylation sites (tertiary alicyclic amines) is 1. The molecule has 1 N–H and O–H groups in total. The third-order valence-corrected chi connectivity index (χ3v) is 6.11. The van der Waals surface area contributed by atoms with Crippen LogP contribution in [0, 0.1) is 6.92 Å². The van der Waals surface area contributed by atoms with Crippen LogP contribution in [0.1, 0.15) is 39.8 Å². The summed E-state index contributed by atoms with van der Waals surface area (Å²) in [7, 11) is 3.60. The van der Waals surface area contributed by atoms with Crippen molar-refractivity contribution in [2.24, 2.45) is 14.1 Å². The monoisotopic (exact) mass is 390 g/mol. The summed E-state index contributed by atoms with van der Waals surface area (Å²) in [4.78, 5) is 28.7. The fourth-order valence-electron chi connectivity index (χ4n) is 4.91. The molecule has 3 aromatic rings. The maximum absolute atomic E-state index is 13.5. The van der Waals surface area contributed by atoms with Gasteiger partial charge in [-0.1, -0.05) is 18.2 Å². The first kappa shape index (κ1) is 17.7. The van der Waals surface area contributed by atoms with Gasteiger partial charge in [0.25, 0.3) is 5.91 Å². The molecule has 1 saturated heterocycles. The van der Waals surface area contributed by atoms with E-state index < -0.39 is 11.5 Å². The van der Waals surface area contributed by atoms with E-state index in [2.05, 4.69) is 15.5 Å². The predicted molar refractivity (Wildman–Crippen MR) is 106 cm³/mol. The summed E-state index contributed by atoms with van der Waals surface area (Å²) in [5.74, 6) is -0.194. The quantitative estimate of drug-likeness (QED) is 0.725. The maximum Gasteiger partial charge on any atom is 0.272 e. The second kappa shape index (κ2) is 6.04. The molecule has 2 amide bonds. The minimum Gasteiger partial charge on any atom is -0.329 e. The molecule has 4 heterocycles. The molecule has 2 aromatic heterocycles. The van der Waals surface area contributed by atoms with E-state index in [-0.39, 0.29) is 11.8 Å². The van der Waals surface area contributed by atoms with Crippen LogP contribution in [-0.4, -0.2) is 42.8 Å². The number of para-hydroxylation sites is 1. The van der Waals surface area contributed by atoms with Gasteiger partial charge in [-0.05, 0) is 31.0 Å². The van der Waals surface area contributed by atoms with Crippen molar-refractivity contribution in [3.63, 3.8) is 0 Å². The Bertz CT molecular complexity index is 1150. The van der Waals surface area contributed by atoms with E-state index in [1.165, 1.54) is 0 Å². The molecule has 0 radical (unpaired) electrons. The van der Waals surface area contributed by atoms with Gasteiger partial charge in [0.1, 0.15) is 11.1 Å². The molecule has 1 aromatic carbocycles. The third-order valence-electron chi connectivity index (χ3n) is 6.11. The minimum absolute atomic E-state index is 0.0657. The molecule has 1 spiro atoms. The lowest BCUT2D eigenvalue weighted by molar-refractivity contribution is -0.121. The van der Waals surface area contributed by atoms with Crippen molar-refractivity contribution in [3.8, 4) is 0 Å². The first-order valence-corrected chi connectivity index (χ1v) is 9.63. The number of nitrogens with one attached hydrogen (secondary N) is 1. The van der Waals surface area contributed by atoms with Crippen LogP contribution in [0.15, 0.2) is 42.7 Å². The van der Waals surface area contributed by atoms with Crippen LogP contribution in [0.3, 0.4) is 0 Å². The molecule has 5 rings (SSSR count). The van der Waals surface area contributed by atoms with Crippen LogP contribution in [-0.2, 0) is 24.3 Å². The SMILES string of the molecule is Cc1cc(C(=O)N2CC[C@]3(C(=O)Nc4ccccc43)[C@@H]2c2cnn(C)c2)n(C)n1. The molecule has 8 nitrogen and oxygen atoms in total. The van der Waals surface area contributed by atoms with Gasteiger partial charge in [-0.15, -0.1) is 0 Å². The second-order valence-corrected chi connectivity index (χ2v) is 7.86. The summed E-state index contributed by atoms with van der Waals surface area (Å²) >= 11 is 0. The number of carbonyl (C=O) groups is 2. The topological polar surface area (TPSA) is 85.0 Å². The molecular weight excluding hydrogens is 368 g/mol. The Morgan fingerprint density at radius 3 is 2.76 bits per heavy atom. The van der Waals surface area contributed by atoms with E-state index in [1.54, 1.807) is 33.6 Å². The molecular formula is C21H22N6O2. The predicted octanol–water partition coefficient (Wildman–Crippen LogP) is 1.94. The zero-order valence-electron chi connectivity index (χ0n) is 16.6. The summed E-state index contributed by atoms with van der Waals surface area (Å²) in [5, 5.41) is 11.7.